The maximum absolute atomic E-state index is 4.63. The standard InChI is InChI=1S/C14H19N3/c1-3-15-8-9-16-14-11(2)10-12-6-4-5-7-13(12)17-14/h4-7,10,15H,3,8-9H2,1-2H3,(H,16,17). The maximum atomic E-state index is 4.63. The van der Waals surface area contributed by atoms with Gasteiger partial charge in [-0.05, 0) is 31.2 Å². The zero-order valence-corrected chi connectivity index (χ0v) is 10.5. The molecule has 90 valence electrons. The van der Waals surface area contributed by atoms with Gasteiger partial charge >= 0.3 is 0 Å². The Hall–Kier alpha value is -1.61. The number of pyridine rings is 1. The molecule has 0 aliphatic heterocycles. The molecule has 0 saturated heterocycles. The predicted octanol–water partition coefficient (Wildman–Crippen LogP) is 2.56. The maximum Gasteiger partial charge on any atom is 0.129 e. The van der Waals surface area contributed by atoms with Crippen LogP contribution in [0.15, 0.2) is 30.3 Å². The molecule has 1 aromatic carbocycles. The number of anilines is 1. The van der Waals surface area contributed by atoms with E-state index < -0.39 is 0 Å². The van der Waals surface area contributed by atoms with Gasteiger partial charge in [-0.2, -0.15) is 0 Å². The second-order valence-electron chi connectivity index (χ2n) is 4.13. The van der Waals surface area contributed by atoms with Gasteiger partial charge in [-0.1, -0.05) is 25.1 Å². The van der Waals surface area contributed by atoms with Gasteiger partial charge in [-0.25, -0.2) is 4.98 Å². The van der Waals surface area contributed by atoms with Crippen LogP contribution in [0.25, 0.3) is 10.9 Å². The number of nitrogens with zero attached hydrogens (tertiary/aromatic N) is 1. The van der Waals surface area contributed by atoms with E-state index >= 15 is 0 Å². The number of likely N-dealkylation sites (N-methyl/N-ethyl adjacent to an activating group) is 1. The highest BCUT2D eigenvalue weighted by Crippen LogP contribution is 2.19. The van der Waals surface area contributed by atoms with E-state index in [1.807, 2.05) is 18.2 Å². The van der Waals surface area contributed by atoms with Crippen LogP contribution in [0.4, 0.5) is 5.82 Å². The summed E-state index contributed by atoms with van der Waals surface area (Å²) in [5.41, 5.74) is 2.24. The Morgan fingerprint density at radius 2 is 2.00 bits per heavy atom. The molecule has 0 aliphatic rings. The van der Waals surface area contributed by atoms with E-state index in [1.54, 1.807) is 0 Å². The number of hydrogen-bond donors (Lipinski definition) is 2. The van der Waals surface area contributed by atoms with Crippen LogP contribution in [-0.2, 0) is 0 Å². The van der Waals surface area contributed by atoms with E-state index in [-0.39, 0.29) is 0 Å². The molecule has 0 saturated carbocycles. The van der Waals surface area contributed by atoms with E-state index in [0.717, 1.165) is 31.0 Å². The summed E-state index contributed by atoms with van der Waals surface area (Å²) >= 11 is 0. The fourth-order valence-electron chi connectivity index (χ4n) is 1.85. The summed E-state index contributed by atoms with van der Waals surface area (Å²) in [5, 5.41) is 7.85. The molecule has 0 fully saturated rings. The van der Waals surface area contributed by atoms with Crippen LogP contribution in [0, 0.1) is 6.92 Å². The number of hydrogen-bond acceptors (Lipinski definition) is 3. The van der Waals surface area contributed by atoms with Crippen molar-refractivity contribution in [1.29, 1.82) is 0 Å². The van der Waals surface area contributed by atoms with Crippen LogP contribution >= 0.6 is 0 Å². The van der Waals surface area contributed by atoms with Gasteiger partial charge in [0.2, 0.25) is 0 Å². The van der Waals surface area contributed by atoms with Crippen molar-refractivity contribution in [3.05, 3.63) is 35.9 Å². The van der Waals surface area contributed by atoms with Gasteiger partial charge in [-0.15, -0.1) is 0 Å². The Bertz CT molecular complexity index is 494. The number of benzene rings is 1. The molecule has 0 radical (unpaired) electrons. The summed E-state index contributed by atoms with van der Waals surface area (Å²) in [7, 11) is 0. The Morgan fingerprint density at radius 1 is 1.18 bits per heavy atom. The van der Waals surface area contributed by atoms with Crippen molar-refractivity contribution in [3.8, 4) is 0 Å². The number of fused-ring (bicyclic) bond motifs is 1. The molecule has 0 atom stereocenters. The zero-order valence-electron chi connectivity index (χ0n) is 10.5. The van der Waals surface area contributed by atoms with E-state index in [4.69, 9.17) is 0 Å². The van der Waals surface area contributed by atoms with Crippen LogP contribution in [0.2, 0.25) is 0 Å². The predicted molar refractivity (Wildman–Crippen MR) is 73.5 cm³/mol. The fraction of sp³-hybridized carbons (Fsp3) is 0.357. The van der Waals surface area contributed by atoms with Gasteiger partial charge in [0.25, 0.3) is 0 Å². The van der Waals surface area contributed by atoms with Gasteiger partial charge in [0, 0.05) is 18.5 Å². The lowest BCUT2D eigenvalue weighted by atomic mass is 10.1. The van der Waals surface area contributed by atoms with Crippen molar-refractivity contribution in [3.63, 3.8) is 0 Å². The molecule has 2 aromatic rings. The van der Waals surface area contributed by atoms with Gasteiger partial charge in [0.1, 0.15) is 5.82 Å². The molecule has 2 N–H and O–H groups in total. The highest BCUT2D eigenvalue weighted by molar-refractivity contribution is 5.81. The molecular formula is C14H19N3. The summed E-state index contributed by atoms with van der Waals surface area (Å²) in [4.78, 5) is 4.63. The van der Waals surface area contributed by atoms with Crippen molar-refractivity contribution in [1.82, 2.24) is 10.3 Å². The molecule has 2 rings (SSSR count). The Balaban J connectivity index is 2.14. The zero-order chi connectivity index (χ0) is 12.1. The minimum atomic E-state index is 0.903. The second kappa shape index (κ2) is 5.64. The first-order valence-electron chi connectivity index (χ1n) is 6.12. The molecule has 17 heavy (non-hydrogen) atoms. The Kier molecular flexibility index (Phi) is 3.94. The van der Waals surface area contributed by atoms with Crippen LogP contribution < -0.4 is 10.6 Å². The number of aromatic nitrogens is 1. The van der Waals surface area contributed by atoms with Crippen molar-refractivity contribution in [2.75, 3.05) is 25.0 Å². The van der Waals surface area contributed by atoms with E-state index in [0.29, 0.717) is 0 Å². The summed E-state index contributed by atoms with van der Waals surface area (Å²) in [6, 6.07) is 10.4. The first-order chi connectivity index (χ1) is 8.31. The van der Waals surface area contributed by atoms with Gasteiger partial charge in [0.15, 0.2) is 0 Å². The van der Waals surface area contributed by atoms with Gasteiger partial charge in [-0.3, -0.25) is 0 Å². The average Bonchev–Trinajstić information content (AvgIpc) is 2.35. The summed E-state index contributed by atoms with van der Waals surface area (Å²) in [6.45, 7) is 7.07. The molecule has 0 unspecified atom stereocenters. The number of para-hydroxylation sites is 1. The average molecular weight is 229 g/mol. The van der Waals surface area contributed by atoms with Crippen LogP contribution in [0.5, 0.6) is 0 Å². The van der Waals surface area contributed by atoms with Crippen molar-refractivity contribution < 1.29 is 0 Å². The third kappa shape index (κ3) is 2.94. The molecule has 0 spiro atoms. The van der Waals surface area contributed by atoms with Gasteiger partial charge < -0.3 is 10.6 Å². The van der Waals surface area contributed by atoms with Crippen LogP contribution in [-0.4, -0.2) is 24.6 Å². The lowest BCUT2D eigenvalue weighted by Gasteiger charge is -2.10. The Morgan fingerprint density at radius 3 is 2.82 bits per heavy atom. The summed E-state index contributed by atoms with van der Waals surface area (Å²) in [5.74, 6) is 0.988. The van der Waals surface area contributed by atoms with Crippen molar-refractivity contribution in [2.45, 2.75) is 13.8 Å². The molecule has 0 amide bonds. The third-order valence-corrected chi connectivity index (χ3v) is 2.76. The molecule has 1 heterocycles. The molecule has 0 bridgehead atoms. The van der Waals surface area contributed by atoms with Crippen molar-refractivity contribution in [2.24, 2.45) is 0 Å². The summed E-state index contributed by atoms with van der Waals surface area (Å²) < 4.78 is 0. The first-order valence-corrected chi connectivity index (χ1v) is 6.12. The molecule has 1 aromatic heterocycles. The van der Waals surface area contributed by atoms with E-state index in [1.165, 1.54) is 10.9 Å². The first kappa shape index (κ1) is 11.9. The van der Waals surface area contributed by atoms with E-state index in [9.17, 15) is 0 Å². The molecule has 3 heteroatoms. The number of aryl methyl sites for hydroxylation is 1. The van der Waals surface area contributed by atoms with Crippen LogP contribution in [0.1, 0.15) is 12.5 Å². The van der Waals surface area contributed by atoms with Crippen molar-refractivity contribution >= 4 is 16.7 Å². The second-order valence-corrected chi connectivity index (χ2v) is 4.13. The molecular weight excluding hydrogens is 210 g/mol. The highest BCUT2D eigenvalue weighted by Gasteiger charge is 2.01. The summed E-state index contributed by atoms with van der Waals surface area (Å²) in [6.07, 6.45) is 0. The smallest absolute Gasteiger partial charge is 0.129 e. The lowest BCUT2D eigenvalue weighted by Crippen LogP contribution is -2.22. The topological polar surface area (TPSA) is 37.0 Å². The number of nitrogens with one attached hydrogen (secondary N) is 2. The largest absolute Gasteiger partial charge is 0.369 e. The van der Waals surface area contributed by atoms with Crippen LogP contribution in [0.3, 0.4) is 0 Å². The Labute approximate surface area is 102 Å². The quantitative estimate of drug-likeness (QED) is 0.774. The number of rotatable bonds is 5. The van der Waals surface area contributed by atoms with E-state index in [2.05, 4.69) is 41.6 Å². The normalized spacial score (nSPS) is 10.7. The lowest BCUT2D eigenvalue weighted by molar-refractivity contribution is 0.737. The fourth-order valence-corrected chi connectivity index (χ4v) is 1.85. The minimum absolute atomic E-state index is 0.903. The monoisotopic (exact) mass is 229 g/mol. The molecule has 0 aliphatic carbocycles. The SMILES string of the molecule is CCNCCNc1nc2ccccc2cc1C. The van der Waals surface area contributed by atoms with Gasteiger partial charge in [0.05, 0.1) is 5.52 Å². The highest BCUT2D eigenvalue weighted by atomic mass is 15.0. The molecule has 3 nitrogen and oxygen atoms in total. The minimum Gasteiger partial charge on any atom is -0.369 e. The third-order valence-electron chi connectivity index (χ3n) is 2.76.